The number of anilines is 1. The first-order valence-electron chi connectivity index (χ1n) is 6.21. The van der Waals surface area contributed by atoms with E-state index in [1.54, 1.807) is 6.92 Å². The van der Waals surface area contributed by atoms with Crippen LogP contribution < -0.4 is 5.73 Å². The predicted octanol–water partition coefficient (Wildman–Crippen LogP) is 3.77. The SMILES string of the molecule is CCC(C)(C)C(CC(C)=O)c1ccc(N)cc1. The largest absolute Gasteiger partial charge is 0.399 e. The zero-order chi connectivity index (χ0) is 13.1. The van der Waals surface area contributed by atoms with Gasteiger partial charge in [0.15, 0.2) is 0 Å². The zero-order valence-corrected chi connectivity index (χ0v) is 11.3. The molecule has 0 saturated heterocycles. The summed E-state index contributed by atoms with van der Waals surface area (Å²) in [4.78, 5) is 11.4. The highest BCUT2D eigenvalue weighted by molar-refractivity contribution is 5.76. The molecule has 17 heavy (non-hydrogen) atoms. The van der Waals surface area contributed by atoms with E-state index < -0.39 is 0 Å². The molecular weight excluding hydrogens is 210 g/mol. The standard InChI is InChI=1S/C15H23NO/c1-5-15(3,4)14(10-11(2)17)12-6-8-13(16)9-7-12/h6-9,14H,5,10,16H2,1-4H3. The minimum absolute atomic E-state index is 0.127. The summed E-state index contributed by atoms with van der Waals surface area (Å²) in [7, 11) is 0. The number of hydrogen-bond donors (Lipinski definition) is 1. The van der Waals surface area contributed by atoms with Crippen molar-refractivity contribution in [3.63, 3.8) is 0 Å². The molecule has 0 aliphatic rings. The van der Waals surface area contributed by atoms with E-state index in [4.69, 9.17) is 5.73 Å². The number of nitrogens with two attached hydrogens (primary N) is 1. The molecule has 2 nitrogen and oxygen atoms in total. The number of ketones is 1. The van der Waals surface area contributed by atoms with E-state index in [9.17, 15) is 4.79 Å². The zero-order valence-electron chi connectivity index (χ0n) is 11.3. The Kier molecular flexibility index (Phi) is 4.33. The van der Waals surface area contributed by atoms with Gasteiger partial charge < -0.3 is 10.5 Å². The molecule has 0 aliphatic carbocycles. The average molecular weight is 233 g/mol. The van der Waals surface area contributed by atoms with E-state index in [0.29, 0.717) is 6.42 Å². The molecule has 0 bridgehead atoms. The summed E-state index contributed by atoms with van der Waals surface area (Å²) in [6, 6.07) is 7.91. The number of Topliss-reactive ketones (excluding diaryl/α,β-unsaturated/α-hetero) is 1. The minimum Gasteiger partial charge on any atom is -0.399 e. The molecule has 1 unspecified atom stereocenters. The van der Waals surface area contributed by atoms with Gasteiger partial charge in [0, 0.05) is 12.1 Å². The summed E-state index contributed by atoms with van der Waals surface area (Å²) in [6.07, 6.45) is 1.65. The molecule has 0 saturated carbocycles. The van der Waals surface area contributed by atoms with Crippen molar-refractivity contribution in [2.75, 3.05) is 5.73 Å². The molecule has 1 aromatic rings. The van der Waals surface area contributed by atoms with Crippen LogP contribution in [0.5, 0.6) is 0 Å². The minimum atomic E-state index is 0.127. The van der Waals surface area contributed by atoms with Crippen molar-refractivity contribution in [2.24, 2.45) is 5.41 Å². The van der Waals surface area contributed by atoms with Gasteiger partial charge in [0.05, 0.1) is 0 Å². The normalized spacial score (nSPS) is 13.4. The molecule has 94 valence electrons. The maximum atomic E-state index is 11.4. The highest BCUT2D eigenvalue weighted by atomic mass is 16.1. The molecule has 0 radical (unpaired) electrons. The van der Waals surface area contributed by atoms with Crippen LogP contribution in [-0.4, -0.2) is 5.78 Å². The average Bonchev–Trinajstić information content (AvgIpc) is 2.27. The lowest BCUT2D eigenvalue weighted by molar-refractivity contribution is -0.118. The van der Waals surface area contributed by atoms with Crippen LogP contribution in [0, 0.1) is 5.41 Å². The third kappa shape index (κ3) is 3.58. The third-order valence-corrected chi connectivity index (χ3v) is 3.68. The molecule has 1 aromatic carbocycles. The molecule has 1 rings (SSSR count). The number of hydrogen-bond acceptors (Lipinski definition) is 2. The fourth-order valence-corrected chi connectivity index (χ4v) is 2.11. The van der Waals surface area contributed by atoms with E-state index in [1.165, 1.54) is 5.56 Å². The summed E-state index contributed by atoms with van der Waals surface area (Å²) in [5.41, 5.74) is 7.81. The Morgan fingerprint density at radius 1 is 1.29 bits per heavy atom. The van der Waals surface area contributed by atoms with Gasteiger partial charge in [0.2, 0.25) is 0 Å². The second-order valence-electron chi connectivity index (χ2n) is 5.47. The summed E-state index contributed by atoms with van der Waals surface area (Å²) < 4.78 is 0. The Balaban J connectivity index is 3.05. The monoisotopic (exact) mass is 233 g/mol. The molecule has 1 atom stereocenters. The summed E-state index contributed by atoms with van der Waals surface area (Å²) in [5, 5.41) is 0. The van der Waals surface area contributed by atoms with Gasteiger partial charge in [-0.3, -0.25) is 0 Å². The van der Waals surface area contributed by atoms with Crippen LogP contribution >= 0.6 is 0 Å². The van der Waals surface area contributed by atoms with Crippen LogP contribution in [0.25, 0.3) is 0 Å². The Morgan fingerprint density at radius 2 is 1.82 bits per heavy atom. The predicted molar refractivity (Wildman–Crippen MR) is 73.0 cm³/mol. The molecule has 0 amide bonds. The van der Waals surface area contributed by atoms with Gasteiger partial charge in [-0.1, -0.05) is 39.3 Å². The third-order valence-electron chi connectivity index (χ3n) is 3.68. The van der Waals surface area contributed by atoms with Crippen molar-refractivity contribution >= 4 is 11.5 Å². The maximum Gasteiger partial charge on any atom is 0.130 e. The lowest BCUT2D eigenvalue weighted by Crippen LogP contribution is -2.23. The number of carbonyl (C=O) groups is 1. The molecule has 0 spiro atoms. The topological polar surface area (TPSA) is 43.1 Å². The molecule has 2 heteroatoms. The quantitative estimate of drug-likeness (QED) is 0.787. The van der Waals surface area contributed by atoms with Crippen LogP contribution in [0.2, 0.25) is 0 Å². The number of nitrogen functional groups attached to an aromatic ring is 1. The summed E-state index contributed by atoms with van der Waals surface area (Å²) in [6.45, 7) is 8.27. The van der Waals surface area contributed by atoms with Gasteiger partial charge >= 0.3 is 0 Å². The van der Waals surface area contributed by atoms with Crippen LogP contribution in [0.4, 0.5) is 5.69 Å². The lowest BCUT2D eigenvalue weighted by atomic mass is 9.71. The van der Waals surface area contributed by atoms with Gasteiger partial charge in [0.25, 0.3) is 0 Å². The van der Waals surface area contributed by atoms with Gasteiger partial charge in [-0.05, 0) is 36.0 Å². The first-order valence-corrected chi connectivity index (χ1v) is 6.21. The smallest absolute Gasteiger partial charge is 0.130 e. The van der Waals surface area contributed by atoms with Crippen molar-refractivity contribution in [1.29, 1.82) is 0 Å². The Labute approximate surface area is 104 Å². The Bertz CT molecular complexity index is 378. The molecule has 0 aromatic heterocycles. The van der Waals surface area contributed by atoms with Crippen LogP contribution in [0.3, 0.4) is 0 Å². The van der Waals surface area contributed by atoms with Crippen LogP contribution in [0.15, 0.2) is 24.3 Å². The fourth-order valence-electron chi connectivity index (χ4n) is 2.11. The fraction of sp³-hybridized carbons (Fsp3) is 0.533. The molecule has 0 aliphatic heterocycles. The van der Waals surface area contributed by atoms with E-state index in [2.05, 4.69) is 20.8 Å². The highest BCUT2D eigenvalue weighted by Gasteiger charge is 2.29. The van der Waals surface area contributed by atoms with Crippen molar-refractivity contribution in [3.8, 4) is 0 Å². The van der Waals surface area contributed by atoms with Crippen molar-refractivity contribution in [3.05, 3.63) is 29.8 Å². The summed E-state index contributed by atoms with van der Waals surface area (Å²) >= 11 is 0. The second kappa shape index (κ2) is 5.35. The van der Waals surface area contributed by atoms with Crippen molar-refractivity contribution < 1.29 is 4.79 Å². The van der Waals surface area contributed by atoms with E-state index >= 15 is 0 Å². The Morgan fingerprint density at radius 3 is 2.24 bits per heavy atom. The van der Waals surface area contributed by atoms with Gasteiger partial charge in [0.1, 0.15) is 5.78 Å². The summed E-state index contributed by atoms with van der Waals surface area (Å²) in [5.74, 6) is 0.513. The van der Waals surface area contributed by atoms with Crippen molar-refractivity contribution in [2.45, 2.75) is 46.5 Å². The molecule has 0 fully saturated rings. The van der Waals surface area contributed by atoms with Gasteiger partial charge in [-0.15, -0.1) is 0 Å². The van der Waals surface area contributed by atoms with E-state index in [1.807, 2.05) is 24.3 Å². The van der Waals surface area contributed by atoms with Crippen molar-refractivity contribution in [1.82, 2.24) is 0 Å². The Hall–Kier alpha value is -1.31. The number of carbonyl (C=O) groups excluding carboxylic acids is 1. The van der Waals surface area contributed by atoms with Gasteiger partial charge in [-0.2, -0.15) is 0 Å². The first-order chi connectivity index (χ1) is 7.86. The lowest BCUT2D eigenvalue weighted by Gasteiger charge is -2.33. The molecule has 0 heterocycles. The van der Waals surface area contributed by atoms with Gasteiger partial charge in [-0.25, -0.2) is 0 Å². The van der Waals surface area contributed by atoms with Crippen LogP contribution in [0.1, 0.15) is 52.0 Å². The maximum absolute atomic E-state index is 11.4. The van der Waals surface area contributed by atoms with E-state index in [0.717, 1.165) is 12.1 Å². The number of rotatable bonds is 5. The molecule has 2 N–H and O–H groups in total. The van der Waals surface area contributed by atoms with E-state index in [-0.39, 0.29) is 17.1 Å². The molecular formula is C15H23NO. The van der Waals surface area contributed by atoms with Crippen LogP contribution in [-0.2, 0) is 4.79 Å². The second-order valence-corrected chi connectivity index (χ2v) is 5.47. The highest BCUT2D eigenvalue weighted by Crippen LogP contribution is 2.40. The first kappa shape index (κ1) is 13.8. The number of benzene rings is 1.